The third-order valence-electron chi connectivity index (χ3n) is 5.17. The molecule has 1 N–H and O–H groups in total. The van der Waals surface area contributed by atoms with E-state index in [-0.39, 0.29) is 5.91 Å². The zero-order chi connectivity index (χ0) is 20.6. The Labute approximate surface area is 173 Å². The highest BCUT2D eigenvalue weighted by molar-refractivity contribution is 5.83. The second-order valence-electron chi connectivity index (χ2n) is 7.82. The normalized spacial score (nSPS) is 15.6. The lowest BCUT2D eigenvalue weighted by Crippen LogP contribution is -2.48. The zero-order valence-electron chi connectivity index (χ0n) is 17.6. The van der Waals surface area contributed by atoms with Crippen molar-refractivity contribution < 1.29 is 4.79 Å². The number of anilines is 1. The van der Waals surface area contributed by atoms with Gasteiger partial charge < -0.3 is 4.90 Å². The van der Waals surface area contributed by atoms with Gasteiger partial charge in [0.25, 0.3) is 5.91 Å². The molecule has 1 heterocycles. The minimum absolute atomic E-state index is 0.0712. The fourth-order valence-electron chi connectivity index (χ4n) is 3.33. The minimum atomic E-state index is -0.0712. The van der Waals surface area contributed by atoms with Crippen LogP contribution in [-0.4, -0.2) is 68.7 Å². The van der Waals surface area contributed by atoms with E-state index in [1.54, 1.807) is 6.21 Å². The molecule has 6 nitrogen and oxygen atoms in total. The van der Waals surface area contributed by atoms with Crippen molar-refractivity contribution in [2.45, 2.75) is 13.5 Å². The SMILES string of the molecule is Cc1ccc(CN2CCN(CC(=O)N/N=C/c3ccc(N(C)C)cc3)CC2)cc1. The largest absolute Gasteiger partial charge is 0.378 e. The maximum atomic E-state index is 12.2. The number of amides is 1. The van der Waals surface area contributed by atoms with Crippen molar-refractivity contribution in [2.75, 3.05) is 51.7 Å². The van der Waals surface area contributed by atoms with Crippen molar-refractivity contribution in [3.63, 3.8) is 0 Å². The van der Waals surface area contributed by atoms with E-state index in [0.29, 0.717) is 6.54 Å². The van der Waals surface area contributed by atoms with E-state index < -0.39 is 0 Å². The van der Waals surface area contributed by atoms with E-state index >= 15 is 0 Å². The number of benzene rings is 2. The van der Waals surface area contributed by atoms with Gasteiger partial charge in [-0.3, -0.25) is 14.6 Å². The fourth-order valence-corrected chi connectivity index (χ4v) is 3.33. The van der Waals surface area contributed by atoms with Gasteiger partial charge >= 0.3 is 0 Å². The molecule has 1 saturated heterocycles. The predicted octanol–water partition coefficient (Wildman–Crippen LogP) is 2.33. The Kier molecular flexibility index (Phi) is 7.38. The molecule has 2 aromatic carbocycles. The molecule has 0 atom stereocenters. The van der Waals surface area contributed by atoms with Gasteiger partial charge in [-0.25, -0.2) is 5.43 Å². The van der Waals surface area contributed by atoms with Gasteiger partial charge in [-0.1, -0.05) is 42.0 Å². The molecule has 1 aliphatic heterocycles. The Morgan fingerprint density at radius 3 is 2.24 bits per heavy atom. The van der Waals surface area contributed by atoms with Gasteiger partial charge in [0.15, 0.2) is 0 Å². The fraction of sp³-hybridized carbons (Fsp3) is 0.391. The number of hydrazone groups is 1. The Bertz CT molecular complexity index is 806. The van der Waals surface area contributed by atoms with E-state index in [1.807, 2.05) is 43.3 Å². The van der Waals surface area contributed by atoms with Crippen LogP contribution in [0.25, 0.3) is 0 Å². The quantitative estimate of drug-likeness (QED) is 0.579. The maximum Gasteiger partial charge on any atom is 0.254 e. The van der Waals surface area contributed by atoms with Crippen LogP contribution in [0.2, 0.25) is 0 Å². The molecule has 0 spiro atoms. The zero-order valence-corrected chi connectivity index (χ0v) is 17.6. The van der Waals surface area contributed by atoms with Crippen molar-refractivity contribution >= 4 is 17.8 Å². The Hall–Kier alpha value is -2.70. The average Bonchev–Trinajstić information content (AvgIpc) is 2.71. The first kappa shape index (κ1) is 21.0. The number of carbonyl (C=O) groups is 1. The maximum absolute atomic E-state index is 12.2. The van der Waals surface area contributed by atoms with Crippen LogP contribution in [0.15, 0.2) is 53.6 Å². The summed E-state index contributed by atoms with van der Waals surface area (Å²) in [5, 5.41) is 4.08. The highest BCUT2D eigenvalue weighted by atomic mass is 16.2. The van der Waals surface area contributed by atoms with Gasteiger partial charge in [-0.05, 0) is 30.2 Å². The first-order valence-corrected chi connectivity index (χ1v) is 10.1. The molecule has 1 aliphatic rings. The van der Waals surface area contributed by atoms with E-state index in [2.05, 4.69) is 51.5 Å². The highest BCUT2D eigenvalue weighted by Gasteiger charge is 2.18. The van der Waals surface area contributed by atoms with Crippen molar-refractivity contribution in [3.05, 3.63) is 65.2 Å². The molecule has 1 fully saturated rings. The molecule has 0 bridgehead atoms. The summed E-state index contributed by atoms with van der Waals surface area (Å²) in [6, 6.07) is 16.7. The smallest absolute Gasteiger partial charge is 0.254 e. The van der Waals surface area contributed by atoms with E-state index in [1.165, 1.54) is 11.1 Å². The number of hydrogen-bond donors (Lipinski definition) is 1. The molecular weight excluding hydrogens is 362 g/mol. The molecule has 3 rings (SSSR count). The summed E-state index contributed by atoms with van der Waals surface area (Å²) in [6.45, 7) is 7.21. The summed E-state index contributed by atoms with van der Waals surface area (Å²) in [6.07, 6.45) is 1.68. The van der Waals surface area contributed by atoms with Crippen molar-refractivity contribution in [1.82, 2.24) is 15.2 Å². The molecule has 1 amide bonds. The summed E-state index contributed by atoms with van der Waals surface area (Å²) in [7, 11) is 4.01. The van der Waals surface area contributed by atoms with Gasteiger partial charge in [0.05, 0.1) is 12.8 Å². The molecule has 2 aromatic rings. The van der Waals surface area contributed by atoms with E-state index in [9.17, 15) is 4.79 Å². The van der Waals surface area contributed by atoms with E-state index in [0.717, 1.165) is 44.0 Å². The average molecular weight is 394 g/mol. The molecule has 0 aromatic heterocycles. The topological polar surface area (TPSA) is 51.2 Å². The second-order valence-corrected chi connectivity index (χ2v) is 7.82. The number of aryl methyl sites for hydroxylation is 1. The van der Waals surface area contributed by atoms with Crippen LogP contribution < -0.4 is 10.3 Å². The van der Waals surface area contributed by atoms with Crippen LogP contribution in [0.5, 0.6) is 0 Å². The van der Waals surface area contributed by atoms with Gasteiger partial charge in [0.1, 0.15) is 0 Å². The summed E-state index contributed by atoms with van der Waals surface area (Å²) in [5.41, 5.74) is 7.36. The molecule has 6 heteroatoms. The number of hydrogen-bond acceptors (Lipinski definition) is 5. The van der Waals surface area contributed by atoms with Crippen LogP contribution in [0, 0.1) is 6.92 Å². The summed E-state index contributed by atoms with van der Waals surface area (Å²) < 4.78 is 0. The number of nitrogens with zero attached hydrogens (tertiary/aromatic N) is 4. The second kappa shape index (κ2) is 10.2. The summed E-state index contributed by atoms with van der Waals surface area (Å²) >= 11 is 0. The molecule has 154 valence electrons. The summed E-state index contributed by atoms with van der Waals surface area (Å²) in [4.78, 5) is 18.8. The van der Waals surface area contributed by atoms with Crippen LogP contribution in [-0.2, 0) is 11.3 Å². The standard InChI is InChI=1S/C23H31N5O/c1-19-4-6-21(7-5-19)17-27-12-14-28(15-13-27)18-23(29)25-24-16-20-8-10-22(11-9-20)26(2)3/h4-11,16H,12-15,17-18H2,1-3H3,(H,25,29)/b24-16+. The Balaban J connectivity index is 1.37. The van der Waals surface area contributed by atoms with Crippen molar-refractivity contribution in [3.8, 4) is 0 Å². The molecular formula is C23H31N5O. The monoisotopic (exact) mass is 393 g/mol. The number of rotatable bonds is 7. The van der Waals surface area contributed by atoms with Gasteiger partial charge in [-0.2, -0.15) is 5.10 Å². The van der Waals surface area contributed by atoms with Crippen LogP contribution in [0.1, 0.15) is 16.7 Å². The van der Waals surface area contributed by atoms with Crippen molar-refractivity contribution in [2.24, 2.45) is 5.10 Å². The lowest BCUT2D eigenvalue weighted by molar-refractivity contribution is -0.122. The van der Waals surface area contributed by atoms with Gasteiger partial charge in [0.2, 0.25) is 0 Å². The van der Waals surface area contributed by atoms with Crippen LogP contribution in [0.3, 0.4) is 0 Å². The number of piperazine rings is 1. The molecule has 29 heavy (non-hydrogen) atoms. The van der Waals surface area contributed by atoms with Crippen molar-refractivity contribution in [1.29, 1.82) is 0 Å². The van der Waals surface area contributed by atoms with Gasteiger partial charge in [0, 0.05) is 52.5 Å². The minimum Gasteiger partial charge on any atom is -0.378 e. The first-order chi connectivity index (χ1) is 14.0. The number of nitrogens with one attached hydrogen (secondary N) is 1. The number of carbonyl (C=O) groups excluding carboxylic acids is 1. The lowest BCUT2D eigenvalue weighted by Gasteiger charge is -2.34. The molecule has 0 aliphatic carbocycles. The predicted molar refractivity (Wildman–Crippen MR) is 119 cm³/mol. The highest BCUT2D eigenvalue weighted by Crippen LogP contribution is 2.11. The Morgan fingerprint density at radius 2 is 1.62 bits per heavy atom. The third-order valence-corrected chi connectivity index (χ3v) is 5.17. The Morgan fingerprint density at radius 1 is 1.00 bits per heavy atom. The van der Waals surface area contributed by atoms with E-state index in [4.69, 9.17) is 0 Å². The lowest BCUT2D eigenvalue weighted by atomic mass is 10.1. The van der Waals surface area contributed by atoms with Crippen LogP contribution in [0.4, 0.5) is 5.69 Å². The van der Waals surface area contributed by atoms with Gasteiger partial charge in [-0.15, -0.1) is 0 Å². The molecule has 0 radical (unpaired) electrons. The molecule has 0 saturated carbocycles. The third kappa shape index (κ3) is 6.69. The van der Waals surface area contributed by atoms with Crippen LogP contribution >= 0.6 is 0 Å². The molecule has 0 unspecified atom stereocenters. The first-order valence-electron chi connectivity index (χ1n) is 10.1. The summed E-state index contributed by atoms with van der Waals surface area (Å²) in [5.74, 6) is -0.0712.